The van der Waals surface area contributed by atoms with E-state index in [1.54, 1.807) is 28.8 Å². The number of halogens is 3. The van der Waals surface area contributed by atoms with Gasteiger partial charge in [-0.25, -0.2) is 4.98 Å². The summed E-state index contributed by atoms with van der Waals surface area (Å²) in [6, 6.07) is 20.2. The third kappa shape index (κ3) is 5.06. The highest BCUT2D eigenvalue weighted by molar-refractivity contribution is 7.99. The summed E-state index contributed by atoms with van der Waals surface area (Å²) in [7, 11) is 0. The Morgan fingerprint density at radius 1 is 1.00 bits per heavy atom. The van der Waals surface area contributed by atoms with Crippen molar-refractivity contribution in [3.05, 3.63) is 88.6 Å². The molecule has 170 valence electrons. The molecule has 0 saturated heterocycles. The fourth-order valence-corrected chi connectivity index (χ4v) is 4.29. The van der Waals surface area contributed by atoms with E-state index in [0.717, 1.165) is 6.07 Å². The van der Waals surface area contributed by atoms with Gasteiger partial charge in [0.15, 0.2) is 11.1 Å². The van der Waals surface area contributed by atoms with Crippen molar-refractivity contribution in [2.75, 3.05) is 11.1 Å². The van der Waals surface area contributed by atoms with E-state index in [1.165, 1.54) is 17.8 Å². The molecule has 0 saturated carbocycles. The molecular formula is C25H22F3N3OS. The second kappa shape index (κ2) is 9.31. The lowest BCUT2D eigenvalue weighted by atomic mass is 10.1. The number of alkyl halides is 3. The van der Waals surface area contributed by atoms with E-state index in [4.69, 9.17) is 0 Å². The Morgan fingerprint density at radius 2 is 1.64 bits per heavy atom. The van der Waals surface area contributed by atoms with E-state index < -0.39 is 22.6 Å². The van der Waals surface area contributed by atoms with Crippen molar-refractivity contribution >= 4 is 34.3 Å². The van der Waals surface area contributed by atoms with Crippen LogP contribution in [0.15, 0.2) is 82.6 Å². The second-order valence-corrected chi connectivity index (χ2v) is 9.01. The summed E-state index contributed by atoms with van der Waals surface area (Å²) in [5, 5.41) is 2.95. The molecule has 0 unspecified atom stereocenters. The number of hydrogen-bond acceptors (Lipinski definition) is 4. The van der Waals surface area contributed by atoms with Gasteiger partial charge in [0.05, 0.1) is 16.0 Å². The fourth-order valence-electron chi connectivity index (χ4n) is 3.44. The summed E-state index contributed by atoms with van der Waals surface area (Å²) in [4.78, 5) is 17.6. The molecule has 2 heterocycles. The van der Waals surface area contributed by atoms with Gasteiger partial charge in [-0.15, -0.1) is 11.8 Å². The molecule has 33 heavy (non-hydrogen) atoms. The van der Waals surface area contributed by atoms with E-state index in [0.29, 0.717) is 22.9 Å². The SMILES string of the molecule is CC(C)CSc1cc(C(F)(F)F)c2c(=O)cc(Nc3ccccc3)n(-c3ccccc3)c2n1. The highest BCUT2D eigenvalue weighted by atomic mass is 32.2. The zero-order valence-electron chi connectivity index (χ0n) is 18.1. The van der Waals surface area contributed by atoms with Crippen LogP contribution in [0.4, 0.5) is 24.7 Å². The zero-order chi connectivity index (χ0) is 23.6. The molecule has 0 fully saturated rings. The number of hydrogen-bond donors (Lipinski definition) is 1. The predicted octanol–water partition coefficient (Wildman–Crippen LogP) is 6.90. The third-order valence-corrected chi connectivity index (χ3v) is 6.21. The van der Waals surface area contributed by atoms with E-state index in [1.807, 2.05) is 50.2 Å². The highest BCUT2D eigenvalue weighted by Crippen LogP contribution is 2.37. The molecule has 2 aromatic heterocycles. The van der Waals surface area contributed by atoms with Gasteiger partial charge in [-0.1, -0.05) is 50.2 Å². The van der Waals surface area contributed by atoms with Crippen molar-refractivity contribution in [2.24, 2.45) is 5.92 Å². The number of nitrogens with zero attached hydrogens (tertiary/aromatic N) is 2. The topological polar surface area (TPSA) is 46.9 Å². The van der Waals surface area contributed by atoms with Crippen LogP contribution in [0.5, 0.6) is 0 Å². The van der Waals surface area contributed by atoms with E-state index >= 15 is 0 Å². The first kappa shape index (κ1) is 22.9. The van der Waals surface area contributed by atoms with Gasteiger partial charge in [-0.3, -0.25) is 9.36 Å². The number of benzene rings is 2. The number of nitrogens with one attached hydrogen (secondary N) is 1. The maximum Gasteiger partial charge on any atom is 0.417 e. The Labute approximate surface area is 193 Å². The minimum atomic E-state index is -4.70. The van der Waals surface area contributed by atoms with Crippen molar-refractivity contribution in [3.63, 3.8) is 0 Å². The van der Waals surface area contributed by atoms with Crippen molar-refractivity contribution in [1.29, 1.82) is 0 Å². The van der Waals surface area contributed by atoms with Crippen LogP contribution in [-0.4, -0.2) is 15.3 Å². The summed E-state index contributed by atoms with van der Waals surface area (Å²) in [6.45, 7) is 3.97. The quantitative estimate of drug-likeness (QED) is 0.312. The van der Waals surface area contributed by atoms with Gasteiger partial charge < -0.3 is 5.32 Å². The molecule has 0 atom stereocenters. The third-order valence-electron chi connectivity index (χ3n) is 4.87. The first-order valence-electron chi connectivity index (χ1n) is 10.4. The fraction of sp³-hybridized carbons (Fsp3) is 0.200. The Hall–Kier alpha value is -3.26. The van der Waals surface area contributed by atoms with Gasteiger partial charge >= 0.3 is 6.18 Å². The van der Waals surface area contributed by atoms with Crippen molar-refractivity contribution in [2.45, 2.75) is 25.0 Å². The predicted molar refractivity (Wildman–Crippen MR) is 128 cm³/mol. The monoisotopic (exact) mass is 469 g/mol. The number of anilines is 2. The smallest absolute Gasteiger partial charge is 0.341 e. The lowest BCUT2D eigenvalue weighted by Crippen LogP contribution is -2.18. The summed E-state index contributed by atoms with van der Waals surface area (Å²) < 4.78 is 43.7. The zero-order valence-corrected chi connectivity index (χ0v) is 18.9. The average molecular weight is 470 g/mol. The largest absolute Gasteiger partial charge is 0.417 e. The Morgan fingerprint density at radius 3 is 2.24 bits per heavy atom. The van der Waals surface area contributed by atoms with Crippen LogP contribution in [-0.2, 0) is 6.18 Å². The van der Waals surface area contributed by atoms with E-state index in [-0.39, 0.29) is 16.6 Å². The van der Waals surface area contributed by atoms with Crippen LogP contribution in [0.3, 0.4) is 0 Å². The maximum absolute atomic E-state index is 14.1. The van der Waals surface area contributed by atoms with Crippen molar-refractivity contribution < 1.29 is 13.2 Å². The highest BCUT2D eigenvalue weighted by Gasteiger charge is 2.35. The van der Waals surface area contributed by atoms with Gasteiger partial charge in [0.1, 0.15) is 5.82 Å². The van der Waals surface area contributed by atoms with Gasteiger partial charge in [-0.05, 0) is 36.2 Å². The van der Waals surface area contributed by atoms with Crippen molar-refractivity contribution in [1.82, 2.24) is 9.55 Å². The molecule has 0 aliphatic rings. The molecule has 0 aliphatic heterocycles. The van der Waals surface area contributed by atoms with Gasteiger partial charge in [0.2, 0.25) is 0 Å². The standard InChI is InChI=1S/C25H22F3N3OS/c1-16(2)15-33-22-13-19(25(26,27)28)23-20(32)14-21(29-17-9-5-3-6-10-17)31(24(23)30-22)18-11-7-4-8-12-18/h3-14,16,29H,15H2,1-2H3. The summed E-state index contributed by atoms with van der Waals surface area (Å²) in [5.74, 6) is 1.20. The summed E-state index contributed by atoms with van der Waals surface area (Å²) in [6.07, 6.45) is -4.70. The van der Waals surface area contributed by atoms with Crippen LogP contribution in [0.2, 0.25) is 0 Å². The number of fused-ring (bicyclic) bond motifs is 1. The Kier molecular flexibility index (Phi) is 6.47. The summed E-state index contributed by atoms with van der Waals surface area (Å²) >= 11 is 1.25. The minimum absolute atomic E-state index is 0.0341. The normalized spacial score (nSPS) is 11.8. The van der Waals surface area contributed by atoms with Crippen LogP contribution in [0, 0.1) is 5.92 Å². The lowest BCUT2D eigenvalue weighted by Gasteiger charge is -2.20. The molecule has 1 N–H and O–H groups in total. The van der Waals surface area contributed by atoms with E-state index in [2.05, 4.69) is 10.3 Å². The molecule has 8 heteroatoms. The molecule has 0 radical (unpaired) electrons. The lowest BCUT2D eigenvalue weighted by molar-refractivity contribution is -0.136. The Bertz CT molecular complexity index is 1320. The van der Waals surface area contributed by atoms with Crippen LogP contribution < -0.4 is 10.7 Å². The number of aromatic nitrogens is 2. The molecular weight excluding hydrogens is 447 g/mol. The molecule has 0 spiro atoms. The van der Waals surface area contributed by atoms with Gasteiger partial charge in [0.25, 0.3) is 0 Å². The van der Waals surface area contributed by atoms with Gasteiger partial charge in [0, 0.05) is 23.2 Å². The molecule has 0 aliphatic carbocycles. The molecule has 4 aromatic rings. The van der Waals surface area contributed by atoms with E-state index in [9.17, 15) is 18.0 Å². The number of para-hydroxylation sites is 2. The first-order chi connectivity index (χ1) is 15.7. The molecule has 0 bridgehead atoms. The molecule has 4 nitrogen and oxygen atoms in total. The van der Waals surface area contributed by atoms with Crippen LogP contribution >= 0.6 is 11.8 Å². The number of rotatable bonds is 6. The number of thioether (sulfide) groups is 1. The van der Waals surface area contributed by atoms with Crippen molar-refractivity contribution in [3.8, 4) is 5.69 Å². The summed E-state index contributed by atoms with van der Waals surface area (Å²) in [5.41, 5.74) is -0.460. The maximum atomic E-state index is 14.1. The number of pyridine rings is 2. The minimum Gasteiger partial charge on any atom is -0.341 e. The first-order valence-corrected chi connectivity index (χ1v) is 11.4. The molecule has 0 amide bonds. The molecule has 4 rings (SSSR count). The van der Waals surface area contributed by atoms with Crippen LogP contribution in [0.1, 0.15) is 19.4 Å². The Balaban J connectivity index is 2.06. The van der Waals surface area contributed by atoms with Crippen LogP contribution in [0.25, 0.3) is 16.7 Å². The average Bonchev–Trinajstić information content (AvgIpc) is 2.78. The van der Waals surface area contributed by atoms with Gasteiger partial charge in [-0.2, -0.15) is 13.2 Å². The second-order valence-electron chi connectivity index (χ2n) is 7.97. The molecule has 2 aromatic carbocycles.